The minimum absolute atomic E-state index is 1.06. The summed E-state index contributed by atoms with van der Waals surface area (Å²) < 4.78 is 0. The zero-order chi connectivity index (χ0) is 7.84. The van der Waals surface area contributed by atoms with Crippen molar-refractivity contribution >= 4 is 0 Å². The van der Waals surface area contributed by atoms with Crippen LogP contribution in [-0.4, -0.2) is 16.9 Å². The van der Waals surface area contributed by atoms with Crippen molar-refractivity contribution in [3.05, 3.63) is 29.1 Å². The minimum Gasteiger partial charge on any atom is -0.298 e. The highest BCUT2D eigenvalue weighted by molar-refractivity contribution is 5.29. The lowest BCUT2D eigenvalue weighted by molar-refractivity contribution is 0.353. The number of hydrogen-bond acceptors (Lipinski definition) is 2. The van der Waals surface area contributed by atoms with E-state index in [1.54, 1.807) is 0 Å². The molecular formula is C9H12N2. The lowest BCUT2D eigenvalue weighted by Crippen LogP contribution is -2.07. The summed E-state index contributed by atoms with van der Waals surface area (Å²) in [5, 5.41) is 0. The van der Waals surface area contributed by atoms with Gasteiger partial charge in [0.1, 0.15) is 0 Å². The van der Waals surface area contributed by atoms with E-state index in [0.717, 1.165) is 18.8 Å². The molecule has 0 fully saturated rings. The van der Waals surface area contributed by atoms with Crippen LogP contribution in [0.15, 0.2) is 12.3 Å². The Morgan fingerprint density at radius 1 is 1.36 bits per heavy atom. The summed E-state index contributed by atoms with van der Waals surface area (Å²) >= 11 is 0. The van der Waals surface area contributed by atoms with Crippen molar-refractivity contribution in [3.63, 3.8) is 0 Å². The van der Waals surface area contributed by atoms with Crippen LogP contribution in [0.4, 0.5) is 0 Å². The zero-order valence-corrected chi connectivity index (χ0v) is 6.96. The monoisotopic (exact) mass is 148 g/mol. The molecule has 0 unspecified atom stereocenters. The average Bonchev–Trinajstić information content (AvgIpc) is 2.27. The highest BCUT2D eigenvalue weighted by Crippen LogP contribution is 2.20. The zero-order valence-electron chi connectivity index (χ0n) is 6.96. The maximum absolute atomic E-state index is 4.26. The van der Waals surface area contributed by atoms with Crippen LogP contribution in [0.2, 0.25) is 0 Å². The van der Waals surface area contributed by atoms with Crippen LogP contribution in [0.5, 0.6) is 0 Å². The van der Waals surface area contributed by atoms with Gasteiger partial charge in [0.05, 0.1) is 0 Å². The molecule has 0 bridgehead atoms. The van der Waals surface area contributed by atoms with Crippen molar-refractivity contribution in [2.24, 2.45) is 0 Å². The van der Waals surface area contributed by atoms with Crippen LogP contribution in [0, 0.1) is 6.92 Å². The number of rotatable bonds is 0. The van der Waals surface area contributed by atoms with E-state index in [-0.39, 0.29) is 0 Å². The molecule has 58 valence electrons. The van der Waals surface area contributed by atoms with E-state index in [9.17, 15) is 0 Å². The van der Waals surface area contributed by atoms with Gasteiger partial charge in [-0.3, -0.25) is 9.88 Å². The van der Waals surface area contributed by atoms with E-state index in [2.05, 4.69) is 23.0 Å². The normalized spacial score (nSPS) is 16.9. The Balaban J connectivity index is 2.43. The van der Waals surface area contributed by atoms with E-state index in [1.165, 1.54) is 11.1 Å². The van der Waals surface area contributed by atoms with Gasteiger partial charge < -0.3 is 0 Å². The van der Waals surface area contributed by atoms with E-state index in [0.29, 0.717) is 0 Å². The molecule has 0 aromatic carbocycles. The van der Waals surface area contributed by atoms with E-state index >= 15 is 0 Å². The van der Waals surface area contributed by atoms with Gasteiger partial charge in [-0.15, -0.1) is 0 Å². The third kappa shape index (κ3) is 1.14. The SMILES string of the molecule is Cc1cc2c(cn1)CN(C)C2. The number of aryl methyl sites for hydroxylation is 1. The predicted molar refractivity (Wildman–Crippen MR) is 44.1 cm³/mol. The molecule has 0 aliphatic carbocycles. The van der Waals surface area contributed by atoms with Crippen LogP contribution in [0.3, 0.4) is 0 Å². The van der Waals surface area contributed by atoms with Gasteiger partial charge in [-0.1, -0.05) is 0 Å². The van der Waals surface area contributed by atoms with Crippen LogP contribution in [0.1, 0.15) is 16.8 Å². The van der Waals surface area contributed by atoms with E-state index in [4.69, 9.17) is 0 Å². The molecule has 0 amide bonds. The van der Waals surface area contributed by atoms with Gasteiger partial charge in [0.25, 0.3) is 0 Å². The second kappa shape index (κ2) is 2.31. The Kier molecular flexibility index (Phi) is 1.43. The van der Waals surface area contributed by atoms with Gasteiger partial charge in [0, 0.05) is 25.0 Å². The van der Waals surface area contributed by atoms with Gasteiger partial charge in [0.15, 0.2) is 0 Å². The molecule has 0 N–H and O–H groups in total. The third-order valence-corrected chi connectivity index (χ3v) is 2.10. The third-order valence-electron chi connectivity index (χ3n) is 2.10. The molecule has 0 spiro atoms. The summed E-state index contributed by atoms with van der Waals surface area (Å²) in [5.74, 6) is 0. The Bertz CT molecular complexity index is 281. The van der Waals surface area contributed by atoms with E-state index in [1.807, 2.05) is 13.1 Å². The van der Waals surface area contributed by atoms with Crippen molar-refractivity contribution in [1.29, 1.82) is 0 Å². The molecule has 2 nitrogen and oxygen atoms in total. The van der Waals surface area contributed by atoms with Gasteiger partial charge in [-0.05, 0) is 31.2 Å². The van der Waals surface area contributed by atoms with Crippen molar-refractivity contribution in [2.75, 3.05) is 7.05 Å². The Morgan fingerprint density at radius 2 is 2.09 bits per heavy atom. The summed E-state index contributed by atoms with van der Waals surface area (Å²) in [5.41, 5.74) is 3.96. The number of nitrogens with zero attached hydrogens (tertiary/aromatic N) is 2. The number of pyridine rings is 1. The predicted octanol–water partition coefficient (Wildman–Crippen LogP) is 1.34. The number of fused-ring (bicyclic) bond motifs is 1. The first kappa shape index (κ1) is 6.80. The lowest BCUT2D eigenvalue weighted by Gasteiger charge is -2.02. The molecular weight excluding hydrogens is 136 g/mol. The van der Waals surface area contributed by atoms with Crippen LogP contribution < -0.4 is 0 Å². The molecule has 0 saturated carbocycles. The highest BCUT2D eigenvalue weighted by atomic mass is 15.1. The lowest BCUT2D eigenvalue weighted by atomic mass is 10.2. The summed E-state index contributed by atoms with van der Waals surface area (Å²) in [6.45, 7) is 4.18. The second-order valence-electron chi connectivity index (χ2n) is 3.27. The van der Waals surface area contributed by atoms with Crippen molar-refractivity contribution in [3.8, 4) is 0 Å². The first-order valence-electron chi connectivity index (χ1n) is 3.88. The van der Waals surface area contributed by atoms with Gasteiger partial charge in [-0.25, -0.2) is 0 Å². The standard InChI is InChI=1S/C9H12N2/c1-7-3-8-5-11(2)6-9(8)4-10-7/h3-4H,5-6H2,1-2H3. The molecule has 2 heteroatoms. The Morgan fingerprint density at radius 3 is 2.91 bits per heavy atom. The smallest absolute Gasteiger partial charge is 0.0376 e. The van der Waals surface area contributed by atoms with Crippen molar-refractivity contribution in [2.45, 2.75) is 20.0 Å². The molecule has 0 atom stereocenters. The summed E-state index contributed by atoms with van der Waals surface area (Å²) in [6, 6.07) is 2.18. The fourth-order valence-electron chi connectivity index (χ4n) is 1.57. The molecule has 1 aliphatic heterocycles. The first-order valence-corrected chi connectivity index (χ1v) is 3.88. The quantitative estimate of drug-likeness (QED) is 0.552. The van der Waals surface area contributed by atoms with Crippen molar-refractivity contribution < 1.29 is 0 Å². The van der Waals surface area contributed by atoms with Crippen LogP contribution >= 0.6 is 0 Å². The molecule has 11 heavy (non-hydrogen) atoms. The summed E-state index contributed by atoms with van der Waals surface area (Å²) in [7, 11) is 2.13. The molecule has 2 heterocycles. The van der Waals surface area contributed by atoms with Gasteiger partial charge >= 0.3 is 0 Å². The second-order valence-corrected chi connectivity index (χ2v) is 3.27. The maximum atomic E-state index is 4.26. The van der Waals surface area contributed by atoms with Crippen molar-refractivity contribution in [1.82, 2.24) is 9.88 Å². The van der Waals surface area contributed by atoms with Crippen LogP contribution in [-0.2, 0) is 13.1 Å². The largest absolute Gasteiger partial charge is 0.298 e. The fraction of sp³-hybridized carbons (Fsp3) is 0.444. The molecule has 0 saturated heterocycles. The van der Waals surface area contributed by atoms with E-state index < -0.39 is 0 Å². The Hall–Kier alpha value is -0.890. The van der Waals surface area contributed by atoms with Gasteiger partial charge in [-0.2, -0.15) is 0 Å². The fourth-order valence-corrected chi connectivity index (χ4v) is 1.57. The van der Waals surface area contributed by atoms with Crippen LogP contribution in [0.25, 0.3) is 0 Å². The minimum atomic E-state index is 1.06. The summed E-state index contributed by atoms with van der Waals surface area (Å²) in [4.78, 5) is 6.56. The molecule has 2 rings (SSSR count). The maximum Gasteiger partial charge on any atom is 0.0376 e. The first-order chi connectivity index (χ1) is 5.25. The summed E-state index contributed by atoms with van der Waals surface area (Å²) in [6.07, 6.45) is 1.99. The average molecular weight is 148 g/mol. The number of aromatic nitrogens is 1. The number of hydrogen-bond donors (Lipinski definition) is 0. The Labute approximate surface area is 66.9 Å². The molecule has 1 aliphatic rings. The molecule has 1 aromatic rings. The molecule has 0 radical (unpaired) electrons. The molecule has 1 aromatic heterocycles. The van der Waals surface area contributed by atoms with Gasteiger partial charge in [0.2, 0.25) is 0 Å². The highest BCUT2D eigenvalue weighted by Gasteiger charge is 2.14. The topological polar surface area (TPSA) is 16.1 Å².